The van der Waals surface area contributed by atoms with E-state index in [1.165, 1.54) is 11.3 Å². The van der Waals surface area contributed by atoms with Crippen molar-refractivity contribution in [1.82, 2.24) is 4.90 Å². The van der Waals surface area contributed by atoms with Gasteiger partial charge in [0.25, 0.3) is 0 Å². The Bertz CT molecular complexity index is 1030. The topological polar surface area (TPSA) is 88.0 Å². The lowest BCUT2D eigenvalue weighted by Crippen LogP contribution is -2.35. The van der Waals surface area contributed by atoms with Crippen LogP contribution in [0.5, 0.6) is 5.75 Å². The molecule has 7 nitrogen and oxygen atoms in total. The molecule has 0 atom stereocenters. The monoisotopic (exact) mass is 452 g/mol. The van der Waals surface area contributed by atoms with E-state index in [0.717, 1.165) is 56.1 Å². The van der Waals surface area contributed by atoms with Gasteiger partial charge in [0.05, 0.1) is 24.0 Å². The molecular formula is C24H32N6OS. The average Bonchev–Trinajstić information content (AvgIpc) is 3.12. The number of rotatable bonds is 11. The van der Waals surface area contributed by atoms with Crippen molar-refractivity contribution < 1.29 is 4.74 Å². The fraction of sp³-hybridized carbons (Fsp3) is 0.500. The van der Waals surface area contributed by atoms with Gasteiger partial charge in [-0.05, 0) is 50.6 Å². The predicted octanol–water partition coefficient (Wildman–Crippen LogP) is 6.09. The Kier molecular flexibility index (Phi) is 9.64. The SMILES string of the molecule is CCCN(CCN(CC)CC)c1cc(C)c(/N=N/c2sc(C#N)c(C)c2C#N)cc1OC. The van der Waals surface area contributed by atoms with E-state index >= 15 is 0 Å². The smallest absolute Gasteiger partial charge is 0.158 e. The van der Waals surface area contributed by atoms with Crippen molar-refractivity contribution in [2.45, 2.75) is 41.0 Å². The molecule has 1 aromatic heterocycles. The van der Waals surface area contributed by atoms with Gasteiger partial charge >= 0.3 is 0 Å². The van der Waals surface area contributed by atoms with Gasteiger partial charge in [-0.15, -0.1) is 21.6 Å². The maximum Gasteiger partial charge on any atom is 0.158 e. The highest BCUT2D eigenvalue weighted by Gasteiger charge is 2.17. The van der Waals surface area contributed by atoms with E-state index in [0.29, 0.717) is 26.7 Å². The highest BCUT2D eigenvalue weighted by atomic mass is 32.1. The normalized spacial score (nSPS) is 11.0. The Morgan fingerprint density at radius 1 is 1.00 bits per heavy atom. The summed E-state index contributed by atoms with van der Waals surface area (Å²) in [4.78, 5) is 5.26. The number of likely N-dealkylation sites (N-methyl/N-ethyl adjacent to an activating group) is 1. The molecule has 0 saturated carbocycles. The van der Waals surface area contributed by atoms with Crippen LogP contribution in [-0.4, -0.2) is 44.7 Å². The number of hydrogen-bond acceptors (Lipinski definition) is 8. The van der Waals surface area contributed by atoms with Crippen LogP contribution in [0.25, 0.3) is 0 Å². The van der Waals surface area contributed by atoms with Gasteiger partial charge in [-0.2, -0.15) is 10.5 Å². The largest absolute Gasteiger partial charge is 0.495 e. The van der Waals surface area contributed by atoms with Gasteiger partial charge in [0.2, 0.25) is 0 Å². The lowest BCUT2D eigenvalue weighted by atomic mass is 10.1. The van der Waals surface area contributed by atoms with Crippen LogP contribution in [0.15, 0.2) is 22.4 Å². The first-order valence-electron chi connectivity index (χ1n) is 10.9. The zero-order chi connectivity index (χ0) is 23.7. The second-order valence-corrected chi connectivity index (χ2v) is 8.48. The third kappa shape index (κ3) is 5.85. The number of methoxy groups -OCH3 is 1. The van der Waals surface area contributed by atoms with Crippen LogP contribution in [0.3, 0.4) is 0 Å². The van der Waals surface area contributed by atoms with E-state index in [1.807, 2.05) is 13.0 Å². The number of azo groups is 1. The molecular weight excluding hydrogens is 420 g/mol. The summed E-state index contributed by atoms with van der Waals surface area (Å²) in [5.41, 5.74) is 3.76. The molecule has 32 heavy (non-hydrogen) atoms. The van der Waals surface area contributed by atoms with Crippen LogP contribution in [0, 0.1) is 36.5 Å². The molecule has 170 valence electrons. The third-order valence-corrected chi connectivity index (χ3v) is 6.58. The number of aryl methyl sites for hydroxylation is 1. The summed E-state index contributed by atoms with van der Waals surface area (Å²) in [7, 11) is 1.67. The highest BCUT2D eigenvalue weighted by molar-refractivity contribution is 7.16. The summed E-state index contributed by atoms with van der Waals surface area (Å²) < 4.78 is 5.72. The molecule has 0 fully saturated rings. The van der Waals surface area contributed by atoms with Crippen LogP contribution >= 0.6 is 11.3 Å². The second-order valence-electron chi connectivity index (χ2n) is 7.48. The Balaban J connectivity index is 2.38. The van der Waals surface area contributed by atoms with E-state index in [-0.39, 0.29) is 0 Å². The number of nitriles is 2. The van der Waals surface area contributed by atoms with Crippen molar-refractivity contribution in [3.8, 4) is 17.9 Å². The second kappa shape index (κ2) is 12.2. The Morgan fingerprint density at radius 2 is 1.72 bits per heavy atom. The summed E-state index contributed by atoms with van der Waals surface area (Å²) in [6.07, 6.45) is 1.04. The lowest BCUT2D eigenvalue weighted by Gasteiger charge is -2.29. The van der Waals surface area contributed by atoms with E-state index in [1.54, 1.807) is 14.0 Å². The molecule has 2 rings (SSSR count). The van der Waals surface area contributed by atoms with Crippen molar-refractivity contribution >= 4 is 27.7 Å². The van der Waals surface area contributed by atoms with Gasteiger partial charge in [0.15, 0.2) is 5.00 Å². The van der Waals surface area contributed by atoms with Crippen molar-refractivity contribution in [2.24, 2.45) is 10.2 Å². The number of thiophene rings is 1. The van der Waals surface area contributed by atoms with E-state index < -0.39 is 0 Å². The van der Waals surface area contributed by atoms with Gasteiger partial charge in [-0.3, -0.25) is 0 Å². The Labute approximate surface area is 195 Å². The van der Waals surface area contributed by atoms with Crippen LogP contribution in [0.1, 0.15) is 48.8 Å². The van der Waals surface area contributed by atoms with Crippen molar-refractivity contribution in [1.29, 1.82) is 10.5 Å². The number of hydrogen-bond donors (Lipinski definition) is 0. The average molecular weight is 453 g/mol. The first-order valence-corrected chi connectivity index (χ1v) is 11.8. The molecule has 0 radical (unpaired) electrons. The first-order chi connectivity index (χ1) is 15.4. The first kappa shape index (κ1) is 25.3. The van der Waals surface area contributed by atoms with Gasteiger partial charge in [0.1, 0.15) is 22.8 Å². The van der Waals surface area contributed by atoms with Crippen LogP contribution in [-0.2, 0) is 0 Å². The molecule has 0 saturated heterocycles. The van der Waals surface area contributed by atoms with Gasteiger partial charge in [0, 0.05) is 25.7 Å². The molecule has 0 spiro atoms. The van der Waals surface area contributed by atoms with Crippen LogP contribution < -0.4 is 9.64 Å². The summed E-state index contributed by atoms with van der Waals surface area (Å²) >= 11 is 1.19. The predicted molar refractivity (Wildman–Crippen MR) is 131 cm³/mol. The zero-order valence-electron chi connectivity index (χ0n) is 19.9. The minimum atomic E-state index is 0.405. The zero-order valence-corrected chi connectivity index (χ0v) is 20.7. The minimum absolute atomic E-state index is 0.405. The van der Waals surface area contributed by atoms with E-state index in [2.05, 4.69) is 59.0 Å². The molecule has 8 heteroatoms. The molecule has 0 unspecified atom stereocenters. The minimum Gasteiger partial charge on any atom is -0.495 e. The molecule has 1 aromatic carbocycles. The van der Waals surface area contributed by atoms with Gasteiger partial charge in [-0.25, -0.2) is 0 Å². The Hall–Kier alpha value is -2.94. The molecule has 1 heterocycles. The number of anilines is 1. The molecule has 0 aliphatic rings. The highest BCUT2D eigenvalue weighted by Crippen LogP contribution is 2.38. The summed E-state index contributed by atoms with van der Waals surface area (Å²) in [5.74, 6) is 0.748. The molecule has 0 amide bonds. The maximum absolute atomic E-state index is 9.43. The molecule has 2 aromatic rings. The molecule has 0 aliphatic carbocycles. The fourth-order valence-electron chi connectivity index (χ4n) is 3.51. The molecule has 0 aliphatic heterocycles. The van der Waals surface area contributed by atoms with Gasteiger partial charge in [-0.1, -0.05) is 20.8 Å². The quantitative estimate of drug-likeness (QED) is 0.385. The lowest BCUT2D eigenvalue weighted by molar-refractivity contribution is 0.309. The van der Waals surface area contributed by atoms with E-state index in [9.17, 15) is 10.5 Å². The van der Waals surface area contributed by atoms with Crippen molar-refractivity contribution in [3.63, 3.8) is 0 Å². The van der Waals surface area contributed by atoms with Gasteiger partial charge < -0.3 is 14.5 Å². The van der Waals surface area contributed by atoms with Crippen LogP contribution in [0.2, 0.25) is 0 Å². The number of ether oxygens (including phenoxy) is 1. The number of benzene rings is 1. The van der Waals surface area contributed by atoms with E-state index in [4.69, 9.17) is 4.74 Å². The van der Waals surface area contributed by atoms with Crippen molar-refractivity contribution in [3.05, 3.63) is 33.7 Å². The molecule has 0 bridgehead atoms. The summed E-state index contributed by atoms with van der Waals surface area (Å²) in [6, 6.07) is 8.24. The Morgan fingerprint density at radius 3 is 2.28 bits per heavy atom. The number of nitrogens with zero attached hydrogens (tertiary/aromatic N) is 6. The van der Waals surface area contributed by atoms with Crippen LogP contribution in [0.4, 0.5) is 16.4 Å². The molecule has 0 N–H and O–H groups in total. The fourth-order valence-corrected chi connectivity index (χ4v) is 4.39. The van der Waals surface area contributed by atoms with Crippen molar-refractivity contribution in [2.75, 3.05) is 44.7 Å². The third-order valence-electron chi connectivity index (χ3n) is 5.50. The maximum atomic E-state index is 9.43. The summed E-state index contributed by atoms with van der Waals surface area (Å²) in [5, 5.41) is 27.8. The standard InChI is InChI=1S/C24H32N6OS/c1-7-10-30(12-11-29(8-2)9-3)21-13-17(4)20(14-22(21)31-6)27-28-24-19(15-25)18(5)23(16-26)32-24/h13-14H,7-12H2,1-6H3/b28-27+. The summed E-state index contributed by atoms with van der Waals surface area (Å²) in [6.45, 7) is 15.2.